The van der Waals surface area contributed by atoms with Gasteiger partial charge in [0.2, 0.25) is 0 Å². The van der Waals surface area contributed by atoms with Crippen molar-refractivity contribution in [1.29, 1.82) is 0 Å². The number of hydrogen-bond acceptors (Lipinski definition) is 5. The number of pyridine rings is 1. The molecular weight excluding hydrogens is 272 g/mol. The number of hydrogen-bond donors (Lipinski definition) is 4. The molecule has 6 heteroatoms. The van der Waals surface area contributed by atoms with Crippen molar-refractivity contribution in [3.8, 4) is 5.75 Å². The molecule has 0 aliphatic carbocycles. The van der Waals surface area contributed by atoms with Crippen LogP contribution >= 0.6 is 0 Å². The van der Waals surface area contributed by atoms with Crippen molar-refractivity contribution in [2.24, 2.45) is 0 Å². The summed E-state index contributed by atoms with van der Waals surface area (Å²) < 4.78 is 0. The minimum atomic E-state index is -0.920. The topological polar surface area (TPSA) is 103 Å². The van der Waals surface area contributed by atoms with Crippen LogP contribution in [0.15, 0.2) is 36.5 Å². The van der Waals surface area contributed by atoms with E-state index in [2.05, 4.69) is 4.98 Å². The van der Waals surface area contributed by atoms with Crippen LogP contribution in [0.2, 0.25) is 0 Å². The van der Waals surface area contributed by atoms with Gasteiger partial charge in [0.25, 0.3) is 5.91 Å². The molecule has 110 valence electrons. The number of benzene rings is 1. The number of rotatable bonds is 5. The Morgan fingerprint density at radius 2 is 1.90 bits per heavy atom. The normalized spacial score (nSPS) is 10.4. The molecule has 0 saturated heterocycles. The van der Waals surface area contributed by atoms with Crippen molar-refractivity contribution in [2.75, 3.05) is 0 Å². The van der Waals surface area contributed by atoms with Gasteiger partial charge in [-0.2, -0.15) is 0 Å². The number of aliphatic hydroxyl groups is 1. The van der Waals surface area contributed by atoms with Gasteiger partial charge in [-0.15, -0.1) is 0 Å². The number of amides is 1. The maximum atomic E-state index is 11.3. The summed E-state index contributed by atoms with van der Waals surface area (Å²) in [5.41, 5.74) is 3.13. The zero-order valence-corrected chi connectivity index (χ0v) is 11.3. The summed E-state index contributed by atoms with van der Waals surface area (Å²) in [6.07, 6.45) is 2.72. The highest BCUT2D eigenvalue weighted by molar-refractivity contribution is 5.94. The summed E-state index contributed by atoms with van der Waals surface area (Å²) in [7, 11) is 0. The Morgan fingerprint density at radius 1 is 1.19 bits per heavy atom. The number of nitrogens with one attached hydrogen (secondary N) is 1. The zero-order chi connectivity index (χ0) is 15.2. The Kier molecular flexibility index (Phi) is 4.86. The summed E-state index contributed by atoms with van der Waals surface area (Å²) in [4.78, 5) is 15.2. The first-order valence-corrected chi connectivity index (χ1v) is 6.46. The van der Waals surface area contributed by atoms with Gasteiger partial charge in [0.15, 0.2) is 11.4 Å². The summed E-state index contributed by atoms with van der Waals surface area (Å²) >= 11 is 0. The first-order valence-electron chi connectivity index (χ1n) is 6.46. The minimum absolute atomic E-state index is 0.250. The summed E-state index contributed by atoms with van der Waals surface area (Å²) in [6.45, 7) is -0.413. The Morgan fingerprint density at radius 3 is 2.52 bits per heavy atom. The third-order valence-electron chi connectivity index (χ3n) is 3.25. The van der Waals surface area contributed by atoms with E-state index in [-0.39, 0.29) is 11.3 Å². The Hall–Kier alpha value is -2.44. The second kappa shape index (κ2) is 6.83. The molecule has 6 nitrogen and oxygen atoms in total. The van der Waals surface area contributed by atoms with Gasteiger partial charge in [-0.25, -0.2) is 10.5 Å². The molecule has 0 aliphatic rings. The van der Waals surface area contributed by atoms with E-state index in [1.165, 1.54) is 11.7 Å². The first kappa shape index (κ1) is 15.0. The number of aryl methyl sites for hydroxylation is 2. The van der Waals surface area contributed by atoms with E-state index in [0.717, 1.165) is 12.0 Å². The molecule has 1 amide bonds. The highest BCUT2D eigenvalue weighted by Crippen LogP contribution is 2.25. The van der Waals surface area contributed by atoms with Gasteiger partial charge in [-0.3, -0.25) is 10.0 Å². The molecule has 21 heavy (non-hydrogen) atoms. The number of carbonyl (C=O) groups excluding carboxylic acids is 1. The molecule has 0 atom stereocenters. The van der Waals surface area contributed by atoms with Crippen molar-refractivity contribution in [3.05, 3.63) is 58.9 Å². The maximum Gasteiger partial charge on any atom is 0.297 e. The molecule has 0 fully saturated rings. The molecule has 0 saturated carbocycles. The average molecular weight is 288 g/mol. The first-order chi connectivity index (χ1) is 10.2. The second-order valence-corrected chi connectivity index (χ2v) is 4.54. The van der Waals surface area contributed by atoms with Gasteiger partial charge < -0.3 is 10.2 Å². The van der Waals surface area contributed by atoms with Crippen molar-refractivity contribution >= 4 is 5.91 Å². The zero-order valence-electron chi connectivity index (χ0n) is 11.3. The average Bonchev–Trinajstić information content (AvgIpc) is 2.53. The highest BCUT2D eigenvalue weighted by atomic mass is 16.5. The highest BCUT2D eigenvalue weighted by Gasteiger charge is 2.18. The smallest absolute Gasteiger partial charge is 0.297 e. The van der Waals surface area contributed by atoms with Crippen LogP contribution < -0.4 is 5.48 Å². The fourth-order valence-corrected chi connectivity index (χ4v) is 2.11. The molecule has 1 aromatic heterocycles. The number of aliphatic hydroxyl groups excluding tert-OH is 1. The molecule has 0 bridgehead atoms. The largest absolute Gasteiger partial charge is 0.505 e. The molecule has 4 N–H and O–H groups in total. The van der Waals surface area contributed by atoms with Gasteiger partial charge in [0.1, 0.15) is 0 Å². The fraction of sp³-hybridized carbons (Fsp3) is 0.200. The van der Waals surface area contributed by atoms with Crippen LogP contribution in [-0.2, 0) is 19.4 Å². The van der Waals surface area contributed by atoms with Crippen LogP contribution in [0, 0.1) is 0 Å². The second-order valence-electron chi connectivity index (χ2n) is 4.54. The van der Waals surface area contributed by atoms with E-state index in [4.69, 9.17) is 5.21 Å². The number of nitrogens with zero attached hydrogens (tertiary/aromatic N) is 1. The third-order valence-corrected chi connectivity index (χ3v) is 3.25. The molecule has 2 aromatic rings. The van der Waals surface area contributed by atoms with Crippen molar-refractivity contribution in [2.45, 2.75) is 19.4 Å². The van der Waals surface area contributed by atoms with Gasteiger partial charge in [0.05, 0.1) is 6.61 Å². The lowest BCUT2D eigenvalue weighted by Crippen LogP contribution is -2.21. The number of aromatic nitrogens is 1. The lowest BCUT2D eigenvalue weighted by molar-refractivity contribution is 0.0697. The molecular formula is C15H16N2O4. The number of hydroxylamine groups is 1. The van der Waals surface area contributed by atoms with Gasteiger partial charge >= 0.3 is 0 Å². The molecule has 0 radical (unpaired) electrons. The quantitative estimate of drug-likeness (QED) is 0.489. The van der Waals surface area contributed by atoms with E-state index < -0.39 is 18.3 Å². The summed E-state index contributed by atoms with van der Waals surface area (Å²) in [6, 6.07) is 9.77. The molecule has 1 aromatic carbocycles. The Bertz CT molecular complexity index is 629. The van der Waals surface area contributed by atoms with Gasteiger partial charge in [-0.1, -0.05) is 30.3 Å². The van der Waals surface area contributed by atoms with Crippen LogP contribution in [0.3, 0.4) is 0 Å². The molecule has 0 spiro atoms. The van der Waals surface area contributed by atoms with E-state index in [0.29, 0.717) is 12.0 Å². The van der Waals surface area contributed by atoms with E-state index in [9.17, 15) is 15.0 Å². The molecule has 1 heterocycles. The van der Waals surface area contributed by atoms with Crippen molar-refractivity contribution < 1.29 is 20.2 Å². The predicted molar refractivity (Wildman–Crippen MR) is 74.9 cm³/mol. The summed E-state index contributed by atoms with van der Waals surface area (Å²) in [5, 5.41) is 28.0. The van der Waals surface area contributed by atoms with Crippen molar-refractivity contribution in [3.63, 3.8) is 0 Å². The van der Waals surface area contributed by atoms with E-state index in [1.807, 2.05) is 30.3 Å². The number of carbonyl (C=O) groups is 1. The van der Waals surface area contributed by atoms with Crippen LogP contribution in [-0.4, -0.2) is 26.3 Å². The number of aromatic hydroxyl groups is 1. The van der Waals surface area contributed by atoms with Crippen LogP contribution in [0.1, 0.15) is 27.2 Å². The molecule has 0 unspecified atom stereocenters. The van der Waals surface area contributed by atoms with Crippen LogP contribution in [0.25, 0.3) is 0 Å². The third kappa shape index (κ3) is 3.36. The lowest BCUT2D eigenvalue weighted by Gasteiger charge is -2.11. The van der Waals surface area contributed by atoms with Crippen molar-refractivity contribution in [1.82, 2.24) is 10.5 Å². The van der Waals surface area contributed by atoms with Gasteiger partial charge in [-0.05, 0) is 24.0 Å². The monoisotopic (exact) mass is 288 g/mol. The minimum Gasteiger partial charge on any atom is -0.505 e. The summed E-state index contributed by atoms with van der Waals surface area (Å²) in [5.74, 6) is -1.33. The fourth-order valence-electron chi connectivity index (χ4n) is 2.11. The Labute approximate surface area is 121 Å². The molecule has 2 rings (SSSR count). The van der Waals surface area contributed by atoms with Crippen LogP contribution in [0.4, 0.5) is 0 Å². The van der Waals surface area contributed by atoms with Crippen LogP contribution in [0.5, 0.6) is 5.75 Å². The lowest BCUT2D eigenvalue weighted by atomic mass is 10.0. The van der Waals surface area contributed by atoms with Gasteiger partial charge in [0, 0.05) is 11.8 Å². The van der Waals surface area contributed by atoms with E-state index >= 15 is 0 Å². The SMILES string of the molecule is O=C(NO)c1ncc(CCc2ccccc2)c(CO)c1O. The standard InChI is InChI=1S/C15H16N2O4/c18-9-12-11(7-6-10-4-2-1-3-5-10)8-16-13(14(12)19)15(20)17-21/h1-5,8,18-19,21H,6-7,9H2,(H,17,20). The predicted octanol–water partition coefficient (Wildman–Crippen LogP) is 1.18. The molecule has 0 aliphatic heterocycles. The Balaban J connectivity index is 2.24. The maximum absolute atomic E-state index is 11.3. The van der Waals surface area contributed by atoms with E-state index in [1.54, 1.807) is 0 Å².